The van der Waals surface area contributed by atoms with Gasteiger partial charge in [0.2, 0.25) is 5.76 Å². The molecule has 19 heavy (non-hydrogen) atoms. The molecule has 0 bridgehead atoms. The molecule has 0 atom stereocenters. The van der Waals surface area contributed by atoms with E-state index in [1.165, 1.54) is 12.0 Å². The third-order valence-corrected chi connectivity index (χ3v) is 3.72. The number of aromatic nitrogens is 1. The van der Waals surface area contributed by atoms with Crippen molar-refractivity contribution in [1.82, 2.24) is 10.3 Å². The number of ether oxygens (including phenoxy) is 1. The zero-order chi connectivity index (χ0) is 13.7. The molecule has 0 amide bonds. The number of nitrogens with one attached hydrogen (secondary N) is 1. The number of aryl methyl sites for hydroxylation is 1. The first-order chi connectivity index (χ1) is 9.22. The molecule has 0 unspecified atom stereocenters. The van der Waals surface area contributed by atoms with Crippen LogP contribution in [0.5, 0.6) is 0 Å². The van der Waals surface area contributed by atoms with E-state index in [1.807, 2.05) is 6.20 Å². The highest BCUT2D eigenvalue weighted by Crippen LogP contribution is 2.13. The highest BCUT2D eigenvalue weighted by molar-refractivity contribution is 7.11. The number of hydrogen-bond acceptors (Lipinski definition) is 6. The number of esters is 1. The van der Waals surface area contributed by atoms with Crippen LogP contribution in [-0.2, 0) is 24.2 Å². The van der Waals surface area contributed by atoms with Crippen LogP contribution in [0, 0.1) is 0 Å². The number of rotatable bonds is 6. The fraction of sp³-hybridized carbons (Fsp3) is 0.385. The molecule has 0 aliphatic rings. The maximum atomic E-state index is 11.2. The Morgan fingerprint density at radius 2 is 2.32 bits per heavy atom. The summed E-state index contributed by atoms with van der Waals surface area (Å²) < 4.78 is 9.92. The van der Waals surface area contributed by atoms with Crippen LogP contribution in [0.15, 0.2) is 22.7 Å². The van der Waals surface area contributed by atoms with Gasteiger partial charge in [0.05, 0.1) is 13.7 Å². The SMILES string of the molecule is CCc1cnc(CNCc2ccc(C(=O)OC)o2)s1. The van der Waals surface area contributed by atoms with Crippen molar-refractivity contribution in [2.75, 3.05) is 7.11 Å². The molecule has 5 nitrogen and oxygen atoms in total. The fourth-order valence-corrected chi connectivity index (χ4v) is 2.40. The highest BCUT2D eigenvalue weighted by atomic mass is 32.1. The van der Waals surface area contributed by atoms with E-state index in [-0.39, 0.29) is 5.76 Å². The van der Waals surface area contributed by atoms with E-state index in [4.69, 9.17) is 4.42 Å². The summed E-state index contributed by atoms with van der Waals surface area (Å²) in [6.45, 7) is 3.36. The Balaban J connectivity index is 1.82. The van der Waals surface area contributed by atoms with Gasteiger partial charge < -0.3 is 14.5 Å². The lowest BCUT2D eigenvalue weighted by atomic mass is 10.4. The van der Waals surface area contributed by atoms with Crippen LogP contribution in [0.1, 0.15) is 33.1 Å². The minimum atomic E-state index is -0.459. The lowest BCUT2D eigenvalue weighted by molar-refractivity contribution is 0.0563. The molecule has 102 valence electrons. The van der Waals surface area contributed by atoms with E-state index in [2.05, 4.69) is 22.0 Å². The van der Waals surface area contributed by atoms with Gasteiger partial charge in [0, 0.05) is 17.6 Å². The highest BCUT2D eigenvalue weighted by Gasteiger charge is 2.10. The van der Waals surface area contributed by atoms with Crippen molar-refractivity contribution >= 4 is 17.3 Å². The van der Waals surface area contributed by atoms with Crippen molar-refractivity contribution < 1.29 is 13.9 Å². The molecule has 0 aliphatic heterocycles. The third-order valence-electron chi connectivity index (χ3n) is 2.57. The minimum absolute atomic E-state index is 0.224. The van der Waals surface area contributed by atoms with E-state index < -0.39 is 5.97 Å². The van der Waals surface area contributed by atoms with Gasteiger partial charge >= 0.3 is 5.97 Å². The summed E-state index contributed by atoms with van der Waals surface area (Å²) in [6.07, 6.45) is 2.92. The molecular weight excluding hydrogens is 264 g/mol. The molecule has 0 fully saturated rings. The summed E-state index contributed by atoms with van der Waals surface area (Å²) in [7, 11) is 1.33. The minimum Gasteiger partial charge on any atom is -0.463 e. The topological polar surface area (TPSA) is 64.4 Å². The second-order valence-corrected chi connectivity index (χ2v) is 5.13. The summed E-state index contributed by atoms with van der Waals surface area (Å²) in [5, 5.41) is 4.28. The van der Waals surface area contributed by atoms with Gasteiger partial charge in [0.15, 0.2) is 0 Å². The number of hydrogen-bond donors (Lipinski definition) is 1. The van der Waals surface area contributed by atoms with Crippen molar-refractivity contribution in [2.45, 2.75) is 26.4 Å². The van der Waals surface area contributed by atoms with Gasteiger partial charge in [-0.25, -0.2) is 9.78 Å². The van der Waals surface area contributed by atoms with E-state index >= 15 is 0 Å². The molecule has 2 aromatic heterocycles. The van der Waals surface area contributed by atoms with E-state index in [1.54, 1.807) is 23.5 Å². The van der Waals surface area contributed by atoms with Gasteiger partial charge in [-0.2, -0.15) is 0 Å². The summed E-state index contributed by atoms with van der Waals surface area (Å²) in [5.74, 6) is 0.466. The van der Waals surface area contributed by atoms with Gasteiger partial charge in [0.1, 0.15) is 10.8 Å². The molecule has 0 spiro atoms. The van der Waals surface area contributed by atoms with Crippen molar-refractivity contribution in [1.29, 1.82) is 0 Å². The van der Waals surface area contributed by atoms with E-state index in [9.17, 15) is 4.79 Å². The monoisotopic (exact) mass is 280 g/mol. The molecule has 6 heteroatoms. The van der Waals surface area contributed by atoms with Crippen LogP contribution in [-0.4, -0.2) is 18.1 Å². The molecule has 1 N–H and O–H groups in total. The molecule has 2 heterocycles. The van der Waals surface area contributed by atoms with Crippen molar-refractivity contribution in [3.63, 3.8) is 0 Å². The van der Waals surface area contributed by atoms with Crippen LogP contribution < -0.4 is 5.32 Å². The molecule has 0 radical (unpaired) electrons. The predicted molar refractivity (Wildman–Crippen MR) is 72.1 cm³/mol. The molecule has 2 aromatic rings. The van der Waals surface area contributed by atoms with Crippen LogP contribution in [0.25, 0.3) is 0 Å². The molecule has 0 saturated heterocycles. The number of furan rings is 1. The fourth-order valence-electron chi connectivity index (χ4n) is 1.57. The molecule has 0 saturated carbocycles. The van der Waals surface area contributed by atoms with Crippen LogP contribution >= 0.6 is 11.3 Å². The van der Waals surface area contributed by atoms with Crippen LogP contribution in [0.2, 0.25) is 0 Å². The van der Waals surface area contributed by atoms with Crippen LogP contribution in [0.4, 0.5) is 0 Å². The summed E-state index contributed by atoms with van der Waals surface area (Å²) >= 11 is 1.70. The van der Waals surface area contributed by atoms with E-state index in [0.717, 1.165) is 11.4 Å². The summed E-state index contributed by atoms with van der Waals surface area (Å²) in [4.78, 5) is 16.8. The largest absolute Gasteiger partial charge is 0.463 e. The number of carbonyl (C=O) groups excluding carboxylic acids is 1. The van der Waals surface area contributed by atoms with Gasteiger partial charge in [-0.1, -0.05) is 6.92 Å². The standard InChI is InChI=1S/C13H16N2O3S/c1-3-10-7-15-12(19-10)8-14-6-9-4-5-11(18-9)13(16)17-2/h4-5,7,14H,3,6,8H2,1-2H3. The van der Waals surface area contributed by atoms with Crippen molar-refractivity contribution in [3.05, 3.63) is 39.7 Å². The second kappa shape index (κ2) is 6.49. The number of carbonyl (C=O) groups is 1. The molecule has 0 aliphatic carbocycles. The van der Waals surface area contributed by atoms with Crippen LogP contribution in [0.3, 0.4) is 0 Å². The Morgan fingerprint density at radius 1 is 1.47 bits per heavy atom. The Labute approximate surface area is 115 Å². The number of thiazole rings is 1. The van der Waals surface area contributed by atoms with Crippen molar-refractivity contribution in [2.24, 2.45) is 0 Å². The first-order valence-corrected chi connectivity index (χ1v) is 6.86. The summed E-state index contributed by atoms with van der Waals surface area (Å²) in [6, 6.07) is 3.38. The molecule has 0 aromatic carbocycles. The maximum absolute atomic E-state index is 11.2. The smallest absolute Gasteiger partial charge is 0.373 e. The predicted octanol–water partition coefficient (Wildman–Crippen LogP) is 2.37. The van der Waals surface area contributed by atoms with Gasteiger partial charge in [-0.15, -0.1) is 11.3 Å². The average molecular weight is 280 g/mol. The number of nitrogens with zero attached hydrogens (tertiary/aromatic N) is 1. The van der Waals surface area contributed by atoms with Gasteiger partial charge in [-0.05, 0) is 18.6 Å². The first kappa shape index (κ1) is 13.8. The normalized spacial score (nSPS) is 10.6. The van der Waals surface area contributed by atoms with E-state index in [0.29, 0.717) is 18.8 Å². The lowest BCUT2D eigenvalue weighted by Crippen LogP contribution is -2.11. The Kier molecular flexibility index (Phi) is 4.70. The molecular formula is C13H16N2O3S. The maximum Gasteiger partial charge on any atom is 0.373 e. The van der Waals surface area contributed by atoms with Gasteiger partial charge in [0.25, 0.3) is 0 Å². The number of methoxy groups -OCH3 is 1. The average Bonchev–Trinajstić information content (AvgIpc) is 3.07. The van der Waals surface area contributed by atoms with Gasteiger partial charge in [-0.3, -0.25) is 0 Å². The zero-order valence-corrected chi connectivity index (χ0v) is 11.8. The first-order valence-electron chi connectivity index (χ1n) is 6.04. The zero-order valence-electron chi connectivity index (χ0n) is 10.9. The Morgan fingerprint density at radius 3 is 3.00 bits per heavy atom. The van der Waals surface area contributed by atoms with Crippen molar-refractivity contribution in [3.8, 4) is 0 Å². The molecule has 2 rings (SSSR count). The third kappa shape index (κ3) is 3.65. The summed E-state index contributed by atoms with van der Waals surface area (Å²) in [5.41, 5.74) is 0. The lowest BCUT2D eigenvalue weighted by Gasteiger charge is -1.99. The Bertz CT molecular complexity index is 548. The quantitative estimate of drug-likeness (QED) is 0.823. The Hall–Kier alpha value is -1.66. The second-order valence-electron chi connectivity index (χ2n) is 3.93.